The first-order valence-corrected chi connectivity index (χ1v) is 11.7. The van der Waals surface area contributed by atoms with Crippen LogP contribution in [-0.2, 0) is 14.3 Å². The predicted molar refractivity (Wildman–Crippen MR) is 131 cm³/mol. The summed E-state index contributed by atoms with van der Waals surface area (Å²) >= 11 is 0. The number of carbonyl (C=O) groups excluding carboxylic acids is 3. The molecule has 2 aliphatic rings. The molecule has 9 heteroatoms. The Bertz CT molecular complexity index is 1110. The van der Waals surface area contributed by atoms with Crippen molar-refractivity contribution in [3.63, 3.8) is 0 Å². The fraction of sp³-hybridized carbons (Fsp3) is 0.423. The Hall–Kier alpha value is -3.59. The van der Waals surface area contributed by atoms with E-state index in [4.69, 9.17) is 14.2 Å². The van der Waals surface area contributed by atoms with Crippen LogP contribution < -0.4 is 15.4 Å². The third-order valence-electron chi connectivity index (χ3n) is 6.37. The summed E-state index contributed by atoms with van der Waals surface area (Å²) in [4.78, 5) is 39.2. The second-order valence-electron chi connectivity index (χ2n) is 9.12. The quantitative estimate of drug-likeness (QED) is 0.642. The topological polar surface area (TPSA) is 106 Å². The number of fused-ring (bicyclic) bond motifs is 2. The van der Waals surface area contributed by atoms with Gasteiger partial charge < -0.3 is 29.7 Å². The molecule has 4 rings (SSSR count). The van der Waals surface area contributed by atoms with E-state index in [0.29, 0.717) is 35.5 Å². The lowest BCUT2D eigenvalue weighted by Crippen LogP contribution is -2.53. The first kappa shape index (κ1) is 24.5. The maximum absolute atomic E-state index is 13.3. The number of esters is 1. The Balaban J connectivity index is 1.47. The van der Waals surface area contributed by atoms with Crippen LogP contribution in [0.2, 0.25) is 0 Å². The van der Waals surface area contributed by atoms with Crippen molar-refractivity contribution in [2.75, 3.05) is 31.4 Å². The van der Waals surface area contributed by atoms with Crippen LogP contribution in [0.1, 0.15) is 40.7 Å². The van der Waals surface area contributed by atoms with Gasteiger partial charge in [-0.15, -0.1) is 0 Å². The van der Waals surface area contributed by atoms with Crippen LogP contribution in [0.25, 0.3) is 0 Å². The summed E-state index contributed by atoms with van der Waals surface area (Å²) in [6, 6.07) is 10.2. The van der Waals surface area contributed by atoms with E-state index >= 15 is 0 Å². The van der Waals surface area contributed by atoms with Crippen LogP contribution in [0.15, 0.2) is 36.4 Å². The molecule has 0 radical (unpaired) electrons. The molecule has 35 heavy (non-hydrogen) atoms. The molecule has 0 spiro atoms. The van der Waals surface area contributed by atoms with Crippen LogP contribution in [0, 0.1) is 13.8 Å². The van der Waals surface area contributed by atoms with E-state index < -0.39 is 6.03 Å². The third-order valence-corrected chi connectivity index (χ3v) is 6.37. The lowest BCUT2D eigenvalue weighted by molar-refractivity contribution is -0.151. The van der Waals surface area contributed by atoms with E-state index in [1.54, 1.807) is 30.1 Å². The second-order valence-corrected chi connectivity index (χ2v) is 9.12. The van der Waals surface area contributed by atoms with Gasteiger partial charge in [-0.1, -0.05) is 6.07 Å². The zero-order valence-corrected chi connectivity index (χ0v) is 20.4. The zero-order chi connectivity index (χ0) is 25.1. The summed E-state index contributed by atoms with van der Waals surface area (Å²) in [5, 5.41) is 5.62. The van der Waals surface area contributed by atoms with Crippen molar-refractivity contribution >= 4 is 29.3 Å². The second kappa shape index (κ2) is 10.4. The molecule has 3 atom stereocenters. The predicted octanol–water partition coefficient (Wildman–Crippen LogP) is 3.89. The molecule has 2 aromatic rings. The molecule has 1 fully saturated rings. The molecule has 9 nitrogen and oxygen atoms in total. The van der Waals surface area contributed by atoms with Gasteiger partial charge in [0.25, 0.3) is 5.91 Å². The summed E-state index contributed by atoms with van der Waals surface area (Å²) in [5.74, 6) is -0.126. The normalized spacial score (nSPS) is 21.5. The van der Waals surface area contributed by atoms with Gasteiger partial charge in [0.1, 0.15) is 18.5 Å². The molecule has 0 unspecified atom stereocenters. The first-order valence-electron chi connectivity index (χ1n) is 11.7. The fourth-order valence-corrected chi connectivity index (χ4v) is 4.71. The van der Waals surface area contributed by atoms with Gasteiger partial charge in [0.05, 0.1) is 31.2 Å². The molecule has 0 aromatic heterocycles. The Morgan fingerprint density at radius 3 is 2.49 bits per heavy atom. The highest BCUT2D eigenvalue weighted by atomic mass is 16.5. The molecule has 0 saturated carbocycles. The van der Waals surface area contributed by atoms with E-state index in [1.807, 2.05) is 32.0 Å². The number of rotatable bonds is 4. The first-order chi connectivity index (χ1) is 16.7. The lowest BCUT2D eigenvalue weighted by Gasteiger charge is -2.42. The smallest absolute Gasteiger partial charge is 0.323 e. The van der Waals surface area contributed by atoms with E-state index in [-0.39, 0.29) is 43.2 Å². The van der Waals surface area contributed by atoms with Crippen molar-refractivity contribution in [2.24, 2.45) is 0 Å². The number of likely N-dealkylation sites (N-methyl/N-ethyl adjacent to an activating group) is 1. The highest BCUT2D eigenvalue weighted by molar-refractivity contribution is 6.02. The number of hydrogen-bond donors (Lipinski definition) is 2. The Kier molecular flexibility index (Phi) is 7.25. The standard InChI is InChI=1S/C26H31N3O6/c1-15-9-16(2)11-18(10-15)28-26(32)27-17-5-8-22-20(12-17)25(31)29(3)21-7-6-19(13-24(30)33-4)35-23(21)14-34-22/h5,8-12,19,21,23H,6-7,13-14H2,1-4H3,(H2,27,28,32)/t19-,21-,23+/m0/s1. The van der Waals surface area contributed by atoms with Gasteiger partial charge in [-0.25, -0.2) is 4.79 Å². The van der Waals surface area contributed by atoms with Crippen molar-refractivity contribution in [3.05, 3.63) is 53.1 Å². The molecule has 186 valence electrons. The van der Waals surface area contributed by atoms with E-state index in [0.717, 1.165) is 11.1 Å². The largest absolute Gasteiger partial charge is 0.490 e. The van der Waals surface area contributed by atoms with Gasteiger partial charge in [0.2, 0.25) is 0 Å². The SMILES string of the molecule is COC(=O)C[C@@H]1CC[C@H]2[C@@H](COc3ccc(NC(=O)Nc4cc(C)cc(C)c4)cc3C(=O)N2C)O1. The van der Waals surface area contributed by atoms with Crippen LogP contribution in [-0.4, -0.2) is 61.8 Å². The van der Waals surface area contributed by atoms with Crippen molar-refractivity contribution in [1.82, 2.24) is 4.90 Å². The Labute approximate surface area is 204 Å². The lowest BCUT2D eigenvalue weighted by atomic mass is 9.94. The number of ether oxygens (including phenoxy) is 3. The summed E-state index contributed by atoms with van der Waals surface area (Å²) in [6.07, 6.45) is 0.872. The molecule has 2 aliphatic heterocycles. The Morgan fingerprint density at radius 1 is 1.06 bits per heavy atom. The number of nitrogens with one attached hydrogen (secondary N) is 2. The highest BCUT2D eigenvalue weighted by Crippen LogP contribution is 2.32. The van der Waals surface area contributed by atoms with Crippen molar-refractivity contribution in [3.8, 4) is 5.75 Å². The van der Waals surface area contributed by atoms with Gasteiger partial charge in [-0.3, -0.25) is 9.59 Å². The summed E-state index contributed by atoms with van der Waals surface area (Å²) in [7, 11) is 3.10. The molecular formula is C26H31N3O6. The van der Waals surface area contributed by atoms with Crippen LogP contribution in [0.5, 0.6) is 5.75 Å². The maximum atomic E-state index is 13.3. The number of carbonyl (C=O) groups is 3. The van der Waals surface area contributed by atoms with Gasteiger partial charge in [0, 0.05) is 18.4 Å². The monoisotopic (exact) mass is 481 g/mol. The number of amides is 3. The molecule has 3 amide bonds. The molecule has 2 aromatic carbocycles. The summed E-state index contributed by atoms with van der Waals surface area (Å²) < 4.78 is 16.8. The number of urea groups is 1. The average molecular weight is 482 g/mol. The minimum Gasteiger partial charge on any atom is -0.490 e. The van der Waals surface area contributed by atoms with Crippen molar-refractivity contribution in [2.45, 2.75) is 51.4 Å². The minimum atomic E-state index is -0.403. The van der Waals surface area contributed by atoms with Gasteiger partial charge in [-0.2, -0.15) is 0 Å². The van der Waals surface area contributed by atoms with E-state index in [2.05, 4.69) is 10.6 Å². The molecule has 2 N–H and O–H groups in total. The Morgan fingerprint density at radius 2 is 1.77 bits per heavy atom. The maximum Gasteiger partial charge on any atom is 0.323 e. The van der Waals surface area contributed by atoms with E-state index in [9.17, 15) is 14.4 Å². The molecule has 2 heterocycles. The van der Waals surface area contributed by atoms with Gasteiger partial charge in [0.15, 0.2) is 0 Å². The number of anilines is 2. The molecule has 0 bridgehead atoms. The minimum absolute atomic E-state index is 0.174. The number of hydrogen-bond acceptors (Lipinski definition) is 6. The summed E-state index contributed by atoms with van der Waals surface area (Å²) in [6.45, 7) is 4.18. The summed E-state index contributed by atoms with van der Waals surface area (Å²) in [5.41, 5.74) is 3.64. The van der Waals surface area contributed by atoms with E-state index in [1.165, 1.54) is 7.11 Å². The molecule has 0 aliphatic carbocycles. The number of nitrogens with zero attached hydrogens (tertiary/aromatic N) is 1. The van der Waals surface area contributed by atoms with Gasteiger partial charge in [-0.05, 0) is 68.1 Å². The van der Waals surface area contributed by atoms with Gasteiger partial charge >= 0.3 is 12.0 Å². The van der Waals surface area contributed by atoms with Crippen molar-refractivity contribution < 1.29 is 28.6 Å². The number of benzene rings is 2. The highest BCUT2D eigenvalue weighted by Gasteiger charge is 2.39. The number of aryl methyl sites for hydroxylation is 2. The third kappa shape index (κ3) is 5.74. The number of methoxy groups -OCH3 is 1. The van der Waals surface area contributed by atoms with Crippen molar-refractivity contribution in [1.29, 1.82) is 0 Å². The molecule has 1 saturated heterocycles. The average Bonchev–Trinajstić information content (AvgIpc) is 2.81. The zero-order valence-electron chi connectivity index (χ0n) is 20.4. The van der Waals surface area contributed by atoms with Crippen LogP contribution in [0.3, 0.4) is 0 Å². The van der Waals surface area contributed by atoms with Crippen LogP contribution >= 0.6 is 0 Å². The molecular weight excluding hydrogens is 450 g/mol. The van der Waals surface area contributed by atoms with Crippen LogP contribution in [0.4, 0.5) is 16.2 Å². The fourth-order valence-electron chi connectivity index (χ4n) is 4.71.